The summed E-state index contributed by atoms with van der Waals surface area (Å²) < 4.78 is 18.8. The summed E-state index contributed by atoms with van der Waals surface area (Å²) in [4.78, 5) is 40.2. The molecule has 1 amide bonds. The number of benzene rings is 3. The minimum absolute atomic E-state index is 0.126. The monoisotopic (exact) mass is 460 g/mol. The molecular formula is C27H25FN2O4. The summed E-state index contributed by atoms with van der Waals surface area (Å²) >= 11 is 0. The van der Waals surface area contributed by atoms with Crippen LogP contribution in [0.15, 0.2) is 66.7 Å². The molecule has 1 aliphatic rings. The Morgan fingerprint density at radius 3 is 2.24 bits per heavy atom. The predicted octanol–water partition coefficient (Wildman–Crippen LogP) is 4.84. The number of esters is 1. The van der Waals surface area contributed by atoms with Crippen molar-refractivity contribution >= 4 is 23.3 Å². The van der Waals surface area contributed by atoms with E-state index in [1.165, 1.54) is 17.0 Å². The lowest BCUT2D eigenvalue weighted by Gasteiger charge is -2.35. The third kappa shape index (κ3) is 4.29. The van der Waals surface area contributed by atoms with Crippen LogP contribution in [0.3, 0.4) is 0 Å². The van der Waals surface area contributed by atoms with Crippen molar-refractivity contribution in [2.75, 3.05) is 26.0 Å². The maximum absolute atomic E-state index is 13.9. The Hall–Kier alpha value is -4.00. The van der Waals surface area contributed by atoms with Crippen molar-refractivity contribution in [1.82, 2.24) is 4.90 Å². The van der Waals surface area contributed by atoms with E-state index in [2.05, 4.69) is 5.32 Å². The topological polar surface area (TPSA) is 75.7 Å². The number of rotatable bonds is 5. The molecule has 4 rings (SSSR count). The summed E-state index contributed by atoms with van der Waals surface area (Å²) in [5.74, 6) is -2.09. The molecule has 0 spiro atoms. The number of anilines is 1. The second kappa shape index (κ2) is 9.47. The lowest BCUT2D eigenvalue weighted by molar-refractivity contribution is 0.0522. The Labute approximate surface area is 197 Å². The van der Waals surface area contributed by atoms with Crippen LogP contribution in [0, 0.1) is 5.82 Å². The van der Waals surface area contributed by atoms with Crippen LogP contribution in [-0.2, 0) is 4.74 Å². The Balaban J connectivity index is 1.82. The molecule has 2 unspecified atom stereocenters. The lowest BCUT2D eigenvalue weighted by atomic mass is 9.77. The molecule has 3 aromatic carbocycles. The molecule has 0 fully saturated rings. The van der Waals surface area contributed by atoms with E-state index in [0.717, 1.165) is 5.56 Å². The summed E-state index contributed by atoms with van der Waals surface area (Å²) in [5.41, 5.74) is 2.89. The van der Waals surface area contributed by atoms with Crippen LogP contribution in [0.4, 0.5) is 10.1 Å². The van der Waals surface area contributed by atoms with E-state index in [-0.39, 0.29) is 29.4 Å². The van der Waals surface area contributed by atoms with E-state index in [9.17, 15) is 18.8 Å². The molecule has 0 bridgehead atoms. The average Bonchev–Trinajstić information content (AvgIpc) is 2.84. The van der Waals surface area contributed by atoms with Gasteiger partial charge in [-0.1, -0.05) is 30.3 Å². The van der Waals surface area contributed by atoms with Gasteiger partial charge in [0.15, 0.2) is 5.78 Å². The molecule has 1 heterocycles. The van der Waals surface area contributed by atoms with Crippen molar-refractivity contribution in [3.8, 4) is 0 Å². The van der Waals surface area contributed by atoms with Crippen LogP contribution >= 0.6 is 0 Å². The van der Waals surface area contributed by atoms with E-state index < -0.39 is 23.7 Å². The first kappa shape index (κ1) is 23.2. The van der Waals surface area contributed by atoms with Crippen molar-refractivity contribution in [3.05, 3.63) is 100 Å². The van der Waals surface area contributed by atoms with E-state index in [0.29, 0.717) is 16.8 Å². The molecule has 0 aliphatic carbocycles. The highest BCUT2D eigenvalue weighted by Crippen LogP contribution is 2.43. The Bertz CT molecular complexity index is 1240. The fourth-order valence-electron chi connectivity index (χ4n) is 4.26. The summed E-state index contributed by atoms with van der Waals surface area (Å²) in [7, 11) is 3.36. The first-order valence-corrected chi connectivity index (χ1v) is 11.0. The Morgan fingerprint density at radius 1 is 0.971 bits per heavy atom. The largest absolute Gasteiger partial charge is 0.462 e. The van der Waals surface area contributed by atoms with Gasteiger partial charge in [0, 0.05) is 25.3 Å². The number of Topliss-reactive ketones (excluding diaryl/α,β-unsaturated/α-hetero) is 1. The molecule has 0 saturated heterocycles. The number of carbonyl (C=O) groups excluding carboxylic acids is 3. The molecular weight excluding hydrogens is 435 g/mol. The van der Waals surface area contributed by atoms with Crippen LogP contribution in [0.2, 0.25) is 0 Å². The third-order valence-electron chi connectivity index (χ3n) is 5.89. The molecule has 34 heavy (non-hydrogen) atoms. The smallest absolute Gasteiger partial charge is 0.338 e. The first-order valence-electron chi connectivity index (χ1n) is 11.0. The standard InChI is InChI=1S/C27H25FN2O4/c1-4-34-27(33)20-6-5-7-21-23(20)25(31)22(16-12-14-19(28)15-13-16)24(29-21)17-8-10-18(11-9-17)26(32)30(2)3/h5-15,22,24,29H,4H2,1-3H3. The molecule has 2 atom stereocenters. The van der Waals surface area contributed by atoms with Crippen molar-refractivity contribution in [3.63, 3.8) is 0 Å². The van der Waals surface area contributed by atoms with Gasteiger partial charge in [-0.2, -0.15) is 0 Å². The van der Waals surface area contributed by atoms with Gasteiger partial charge in [0.05, 0.1) is 29.7 Å². The number of carbonyl (C=O) groups is 3. The molecule has 0 radical (unpaired) electrons. The van der Waals surface area contributed by atoms with Gasteiger partial charge in [-0.15, -0.1) is 0 Å². The highest BCUT2D eigenvalue weighted by atomic mass is 19.1. The van der Waals surface area contributed by atoms with Crippen LogP contribution in [-0.4, -0.2) is 43.3 Å². The van der Waals surface area contributed by atoms with Crippen molar-refractivity contribution in [1.29, 1.82) is 0 Å². The van der Waals surface area contributed by atoms with Gasteiger partial charge < -0.3 is 15.0 Å². The zero-order valence-electron chi connectivity index (χ0n) is 19.2. The van der Waals surface area contributed by atoms with Crippen LogP contribution in [0.5, 0.6) is 0 Å². The zero-order valence-corrected chi connectivity index (χ0v) is 19.2. The average molecular weight is 461 g/mol. The number of halogens is 1. The summed E-state index contributed by atoms with van der Waals surface area (Å²) in [6.07, 6.45) is 0. The van der Waals surface area contributed by atoms with Gasteiger partial charge in [-0.05, 0) is 54.4 Å². The maximum Gasteiger partial charge on any atom is 0.338 e. The van der Waals surface area contributed by atoms with Gasteiger partial charge in [0.1, 0.15) is 5.82 Å². The number of ketones is 1. The molecule has 0 saturated carbocycles. The van der Waals surface area contributed by atoms with E-state index >= 15 is 0 Å². The summed E-state index contributed by atoms with van der Waals surface area (Å²) in [6.45, 7) is 1.89. The molecule has 0 aromatic heterocycles. The number of amides is 1. The molecule has 7 heteroatoms. The maximum atomic E-state index is 13.9. The SMILES string of the molecule is CCOC(=O)c1cccc2c1C(=O)C(c1ccc(F)cc1)C(c1ccc(C(=O)N(C)C)cc1)N2. The molecule has 1 N–H and O–H groups in total. The molecule has 6 nitrogen and oxygen atoms in total. The quantitative estimate of drug-likeness (QED) is 0.552. The number of nitrogens with one attached hydrogen (secondary N) is 1. The van der Waals surface area contributed by atoms with Crippen molar-refractivity contribution < 1.29 is 23.5 Å². The molecule has 3 aromatic rings. The zero-order chi connectivity index (χ0) is 24.4. The minimum atomic E-state index is -0.723. The summed E-state index contributed by atoms with van der Waals surface area (Å²) in [5, 5.41) is 3.40. The normalized spacial score (nSPS) is 16.9. The van der Waals surface area contributed by atoms with E-state index in [1.807, 2.05) is 0 Å². The number of hydrogen-bond acceptors (Lipinski definition) is 5. The fraction of sp³-hybridized carbons (Fsp3) is 0.222. The highest BCUT2D eigenvalue weighted by molar-refractivity contribution is 6.14. The summed E-state index contributed by atoms with van der Waals surface area (Å²) in [6, 6.07) is 17.3. The number of nitrogens with zero attached hydrogens (tertiary/aromatic N) is 1. The Morgan fingerprint density at radius 2 is 1.62 bits per heavy atom. The first-order chi connectivity index (χ1) is 16.3. The third-order valence-corrected chi connectivity index (χ3v) is 5.89. The van der Waals surface area contributed by atoms with Gasteiger partial charge in [0.2, 0.25) is 0 Å². The van der Waals surface area contributed by atoms with Crippen molar-refractivity contribution in [2.45, 2.75) is 18.9 Å². The second-order valence-corrected chi connectivity index (χ2v) is 8.29. The van der Waals surface area contributed by atoms with E-state index in [1.54, 1.807) is 75.6 Å². The van der Waals surface area contributed by atoms with Crippen molar-refractivity contribution in [2.24, 2.45) is 0 Å². The number of hydrogen-bond donors (Lipinski definition) is 1. The Kier molecular flexibility index (Phi) is 6.45. The van der Waals surface area contributed by atoms with Gasteiger partial charge >= 0.3 is 5.97 Å². The van der Waals surface area contributed by atoms with Gasteiger partial charge in [-0.25, -0.2) is 9.18 Å². The van der Waals surface area contributed by atoms with Crippen LogP contribution in [0.1, 0.15) is 61.1 Å². The highest BCUT2D eigenvalue weighted by Gasteiger charge is 2.39. The second-order valence-electron chi connectivity index (χ2n) is 8.29. The minimum Gasteiger partial charge on any atom is -0.462 e. The predicted molar refractivity (Wildman–Crippen MR) is 127 cm³/mol. The fourth-order valence-corrected chi connectivity index (χ4v) is 4.26. The van der Waals surface area contributed by atoms with Crippen LogP contribution < -0.4 is 5.32 Å². The number of ether oxygens (including phenoxy) is 1. The number of fused-ring (bicyclic) bond motifs is 1. The lowest BCUT2D eigenvalue weighted by Crippen LogP contribution is -2.33. The van der Waals surface area contributed by atoms with Crippen LogP contribution in [0.25, 0.3) is 0 Å². The van der Waals surface area contributed by atoms with Gasteiger partial charge in [0.25, 0.3) is 5.91 Å². The van der Waals surface area contributed by atoms with E-state index in [4.69, 9.17) is 4.74 Å². The molecule has 174 valence electrons. The van der Waals surface area contributed by atoms with Gasteiger partial charge in [-0.3, -0.25) is 9.59 Å². The molecule has 1 aliphatic heterocycles.